The van der Waals surface area contributed by atoms with E-state index in [2.05, 4.69) is 11.6 Å². The third kappa shape index (κ3) is 2.66. The Morgan fingerprint density at radius 1 is 1.67 bits per heavy atom. The molecule has 0 fully saturated rings. The number of nitrogens with zero attached hydrogens (tertiary/aromatic N) is 2. The third-order valence-corrected chi connectivity index (χ3v) is 1.59. The predicted molar refractivity (Wildman–Crippen MR) is 52.2 cm³/mol. The van der Waals surface area contributed by atoms with E-state index in [0.717, 1.165) is 6.54 Å². The molecule has 70 valence electrons. The van der Waals surface area contributed by atoms with Gasteiger partial charge >= 0.3 is 0 Å². The van der Waals surface area contributed by atoms with Crippen LogP contribution in [0.1, 0.15) is 20.8 Å². The lowest BCUT2D eigenvalue weighted by molar-refractivity contribution is 0.141. The average Bonchev–Trinajstić information content (AvgIpc) is 1.97. The molecule has 0 aliphatic carbocycles. The van der Waals surface area contributed by atoms with E-state index in [0.29, 0.717) is 5.84 Å². The van der Waals surface area contributed by atoms with Crippen LogP contribution >= 0.6 is 0 Å². The fraction of sp³-hybridized carbons (Fsp3) is 0.667. The number of likely N-dealkylation sites (N-methyl/N-ethyl adjacent to an activating group) is 1. The number of hydrogen-bond acceptors (Lipinski definition) is 2. The highest BCUT2D eigenvalue weighted by atomic mass is 16.3. The molecule has 0 heterocycles. The largest absolute Gasteiger partial charge is 0.383 e. The van der Waals surface area contributed by atoms with Crippen LogP contribution in [0.2, 0.25) is 0 Å². The second-order valence-corrected chi connectivity index (χ2v) is 3.07. The van der Waals surface area contributed by atoms with Crippen LogP contribution in [0.4, 0.5) is 0 Å². The normalized spacial score (nSPS) is 12.9. The SMILES string of the molecule is C=CN(CC)/C(=N\C)C(C)(C)O. The van der Waals surface area contributed by atoms with Crippen molar-refractivity contribution >= 4 is 5.84 Å². The zero-order valence-electron chi connectivity index (χ0n) is 8.33. The molecule has 0 rings (SSSR count). The van der Waals surface area contributed by atoms with Gasteiger partial charge in [-0.25, -0.2) is 0 Å². The molecule has 0 aromatic rings. The molecule has 0 aromatic carbocycles. The first-order valence-corrected chi connectivity index (χ1v) is 4.06. The summed E-state index contributed by atoms with van der Waals surface area (Å²) in [5.41, 5.74) is -0.904. The zero-order valence-corrected chi connectivity index (χ0v) is 8.33. The molecule has 12 heavy (non-hydrogen) atoms. The van der Waals surface area contributed by atoms with Crippen LogP contribution in [0.15, 0.2) is 17.8 Å². The first kappa shape index (κ1) is 11.2. The van der Waals surface area contributed by atoms with Gasteiger partial charge in [0.05, 0.1) is 0 Å². The third-order valence-electron chi connectivity index (χ3n) is 1.59. The second kappa shape index (κ2) is 4.26. The molecule has 0 saturated carbocycles. The van der Waals surface area contributed by atoms with E-state index in [1.807, 2.05) is 11.8 Å². The monoisotopic (exact) mass is 170 g/mol. The van der Waals surface area contributed by atoms with Gasteiger partial charge in [0.1, 0.15) is 11.4 Å². The molecular formula is C9H18N2O. The van der Waals surface area contributed by atoms with Gasteiger partial charge in [-0.2, -0.15) is 0 Å². The van der Waals surface area contributed by atoms with Crippen molar-refractivity contribution in [3.05, 3.63) is 12.8 Å². The van der Waals surface area contributed by atoms with Crippen molar-refractivity contribution in [1.29, 1.82) is 0 Å². The van der Waals surface area contributed by atoms with E-state index in [-0.39, 0.29) is 0 Å². The van der Waals surface area contributed by atoms with Gasteiger partial charge in [-0.15, -0.1) is 0 Å². The quantitative estimate of drug-likeness (QED) is 0.511. The van der Waals surface area contributed by atoms with Crippen LogP contribution in [0, 0.1) is 0 Å². The van der Waals surface area contributed by atoms with E-state index in [1.165, 1.54) is 0 Å². The molecule has 0 radical (unpaired) electrons. The first-order valence-electron chi connectivity index (χ1n) is 4.06. The Balaban J connectivity index is 4.67. The Kier molecular flexibility index (Phi) is 3.96. The van der Waals surface area contributed by atoms with Gasteiger partial charge in [0.2, 0.25) is 0 Å². The molecule has 0 aromatic heterocycles. The molecule has 0 aliphatic heterocycles. The van der Waals surface area contributed by atoms with Crippen molar-refractivity contribution in [3.63, 3.8) is 0 Å². The fourth-order valence-electron chi connectivity index (χ4n) is 1.12. The van der Waals surface area contributed by atoms with Crippen molar-refractivity contribution in [2.24, 2.45) is 4.99 Å². The van der Waals surface area contributed by atoms with Gasteiger partial charge < -0.3 is 10.0 Å². The number of hydrogen-bond donors (Lipinski definition) is 1. The minimum absolute atomic E-state index is 0.639. The predicted octanol–water partition coefficient (Wildman–Crippen LogP) is 1.25. The van der Waals surface area contributed by atoms with Gasteiger partial charge in [-0.05, 0) is 27.0 Å². The summed E-state index contributed by atoms with van der Waals surface area (Å²) in [5, 5.41) is 9.69. The Morgan fingerprint density at radius 3 is 2.25 bits per heavy atom. The molecule has 3 nitrogen and oxygen atoms in total. The van der Waals surface area contributed by atoms with E-state index in [9.17, 15) is 5.11 Å². The van der Waals surface area contributed by atoms with Gasteiger partial charge in [0, 0.05) is 13.6 Å². The standard InChI is InChI=1S/C9H18N2O/c1-6-11(7-2)8(10-5)9(3,4)12/h6,12H,1,7H2,2-5H3/b10-8-. The maximum Gasteiger partial charge on any atom is 0.134 e. The van der Waals surface area contributed by atoms with E-state index in [4.69, 9.17) is 0 Å². The summed E-state index contributed by atoms with van der Waals surface area (Å²) < 4.78 is 0. The Labute approximate surface area is 74.4 Å². The van der Waals surface area contributed by atoms with Crippen molar-refractivity contribution in [1.82, 2.24) is 4.90 Å². The molecule has 1 N–H and O–H groups in total. The second-order valence-electron chi connectivity index (χ2n) is 3.07. The van der Waals surface area contributed by atoms with Gasteiger partial charge in [-0.3, -0.25) is 4.99 Å². The van der Waals surface area contributed by atoms with Crippen LogP contribution in [-0.4, -0.2) is 35.0 Å². The molecule has 0 saturated heterocycles. The van der Waals surface area contributed by atoms with E-state index < -0.39 is 5.60 Å². The molecule has 0 amide bonds. The minimum atomic E-state index is -0.904. The summed E-state index contributed by atoms with van der Waals surface area (Å²) in [6, 6.07) is 0. The van der Waals surface area contributed by atoms with E-state index in [1.54, 1.807) is 27.1 Å². The minimum Gasteiger partial charge on any atom is -0.383 e. The lowest BCUT2D eigenvalue weighted by atomic mass is 10.1. The summed E-state index contributed by atoms with van der Waals surface area (Å²) in [7, 11) is 1.67. The van der Waals surface area contributed by atoms with Crippen molar-refractivity contribution < 1.29 is 5.11 Å². The van der Waals surface area contributed by atoms with Crippen LogP contribution in [-0.2, 0) is 0 Å². The van der Waals surface area contributed by atoms with Gasteiger partial charge in [-0.1, -0.05) is 6.58 Å². The Hall–Kier alpha value is -0.830. The van der Waals surface area contributed by atoms with Gasteiger partial charge in [0.15, 0.2) is 0 Å². The van der Waals surface area contributed by atoms with Crippen LogP contribution in [0.5, 0.6) is 0 Å². The molecule has 0 spiro atoms. The number of rotatable bonds is 3. The molecule has 0 bridgehead atoms. The maximum atomic E-state index is 9.69. The van der Waals surface area contributed by atoms with Crippen LogP contribution < -0.4 is 0 Å². The summed E-state index contributed by atoms with van der Waals surface area (Å²) >= 11 is 0. The average molecular weight is 170 g/mol. The van der Waals surface area contributed by atoms with Crippen molar-refractivity contribution in [2.75, 3.05) is 13.6 Å². The van der Waals surface area contributed by atoms with Crippen molar-refractivity contribution in [3.8, 4) is 0 Å². The molecule has 3 heteroatoms. The number of aliphatic imine (C=N–C) groups is 1. The first-order chi connectivity index (χ1) is 5.47. The number of aliphatic hydroxyl groups is 1. The summed E-state index contributed by atoms with van der Waals surface area (Å²) in [5.74, 6) is 0.639. The highest BCUT2D eigenvalue weighted by molar-refractivity contribution is 5.90. The Morgan fingerprint density at radius 2 is 2.17 bits per heavy atom. The lowest BCUT2D eigenvalue weighted by Gasteiger charge is -2.28. The molecule has 0 atom stereocenters. The summed E-state index contributed by atoms with van der Waals surface area (Å²) in [6.45, 7) is 9.82. The van der Waals surface area contributed by atoms with Crippen LogP contribution in [0.25, 0.3) is 0 Å². The maximum absolute atomic E-state index is 9.69. The zero-order chi connectivity index (χ0) is 9.78. The number of amidine groups is 1. The smallest absolute Gasteiger partial charge is 0.134 e. The molecule has 0 unspecified atom stereocenters. The fourth-order valence-corrected chi connectivity index (χ4v) is 1.12. The van der Waals surface area contributed by atoms with E-state index >= 15 is 0 Å². The molecule has 0 aliphatic rings. The lowest BCUT2D eigenvalue weighted by Crippen LogP contribution is -2.42. The highest BCUT2D eigenvalue weighted by Gasteiger charge is 2.23. The summed E-state index contributed by atoms with van der Waals surface area (Å²) in [4.78, 5) is 5.84. The summed E-state index contributed by atoms with van der Waals surface area (Å²) in [6.07, 6.45) is 1.67. The highest BCUT2D eigenvalue weighted by Crippen LogP contribution is 2.09. The van der Waals surface area contributed by atoms with Crippen LogP contribution in [0.3, 0.4) is 0 Å². The topological polar surface area (TPSA) is 35.8 Å². The van der Waals surface area contributed by atoms with Gasteiger partial charge in [0.25, 0.3) is 0 Å². The Bertz CT molecular complexity index is 179. The molecular weight excluding hydrogens is 152 g/mol. The van der Waals surface area contributed by atoms with Crippen molar-refractivity contribution in [2.45, 2.75) is 26.4 Å².